The highest BCUT2D eigenvalue weighted by Gasteiger charge is 2.33. The first-order valence-corrected chi connectivity index (χ1v) is 14.7. The Labute approximate surface area is 221 Å². The third kappa shape index (κ3) is 7.25. The predicted molar refractivity (Wildman–Crippen MR) is 146 cm³/mol. The molecular formula is C28H39N3O5S. The van der Waals surface area contributed by atoms with Crippen LogP contribution >= 0.6 is 0 Å². The second kappa shape index (κ2) is 12.4. The molecule has 0 aliphatic heterocycles. The van der Waals surface area contributed by atoms with Crippen molar-refractivity contribution in [3.8, 4) is 5.75 Å². The van der Waals surface area contributed by atoms with Gasteiger partial charge in [-0.15, -0.1) is 0 Å². The van der Waals surface area contributed by atoms with Crippen molar-refractivity contribution in [1.29, 1.82) is 0 Å². The summed E-state index contributed by atoms with van der Waals surface area (Å²) in [5, 5.41) is 3.12. The van der Waals surface area contributed by atoms with Crippen molar-refractivity contribution in [2.45, 2.75) is 71.5 Å². The first kappa shape index (κ1) is 28.5. The van der Waals surface area contributed by atoms with Crippen LogP contribution in [0.3, 0.4) is 0 Å². The number of amides is 2. The molecule has 202 valence electrons. The van der Waals surface area contributed by atoms with Crippen molar-refractivity contribution in [1.82, 2.24) is 10.2 Å². The van der Waals surface area contributed by atoms with Crippen molar-refractivity contribution < 1.29 is 22.7 Å². The number of nitrogens with zero attached hydrogens (tertiary/aromatic N) is 2. The first-order valence-electron chi connectivity index (χ1n) is 12.8. The summed E-state index contributed by atoms with van der Waals surface area (Å²) in [5.41, 5.74) is 2.79. The number of rotatable bonds is 11. The molecule has 1 aliphatic rings. The molecule has 2 amide bonds. The number of carbonyl (C=O) groups is 2. The quantitative estimate of drug-likeness (QED) is 0.476. The molecule has 0 heterocycles. The Morgan fingerprint density at radius 3 is 2.27 bits per heavy atom. The zero-order valence-electron chi connectivity index (χ0n) is 22.5. The molecule has 2 aromatic rings. The Morgan fingerprint density at radius 2 is 1.70 bits per heavy atom. The number of aryl methyl sites for hydroxylation is 2. The number of anilines is 1. The van der Waals surface area contributed by atoms with Crippen LogP contribution in [0.5, 0.6) is 5.75 Å². The molecule has 37 heavy (non-hydrogen) atoms. The van der Waals surface area contributed by atoms with Crippen LogP contribution in [-0.2, 0) is 26.2 Å². The average Bonchev–Trinajstić information content (AvgIpc) is 3.35. The van der Waals surface area contributed by atoms with Crippen LogP contribution in [0.2, 0.25) is 0 Å². The minimum absolute atomic E-state index is 0.109. The molecule has 9 heteroatoms. The number of ether oxygens (including phenoxy) is 1. The Balaban J connectivity index is 1.97. The highest BCUT2D eigenvalue weighted by Crippen LogP contribution is 2.27. The molecular weight excluding hydrogens is 490 g/mol. The number of sulfonamides is 1. The maximum Gasteiger partial charge on any atom is 0.244 e. The van der Waals surface area contributed by atoms with Crippen LogP contribution in [0.4, 0.5) is 5.69 Å². The van der Waals surface area contributed by atoms with E-state index in [1.54, 1.807) is 7.11 Å². The Morgan fingerprint density at radius 1 is 1.08 bits per heavy atom. The van der Waals surface area contributed by atoms with Gasteiger partial charge in [-0.1, -0.05) is 50.1 Å². The molecule has 3 rings (SSSR count). The van der Waals surface area contributed by atoms with E-state index in [4.69, 9.17) is 4.74 Å². The van der Waals surface area contributed by atoms with Crippen LogP contribution in [-0.4, -0.2) is 57.1 Å². The fraction of sp³-hybridized carbons (Fsp3) is 0.500. The summed E-state index contributed by atoms with van der Waals surface area (Å²) < 4.78 is 32.3. The Hall–Kier alpha value is -3.07. The highest BCUT2D eigenvalue weighted by molar-refractivity contribution is 7.92. The van der Waals surface area contributed by atoms with E-state index in [0.29, 0.717) is 17.9 Å². The van der Waals surface area contributed by atoms with E-state index in [2.05, 4.69) is 5.32 Å². The molecule has 0 radical (unpaired) electrons. The summed E-state index contributed by atoms with van der Waals surface area (Å²) in [6.07, 6.45) is 5.51. The van der Waals surface area contributed by atoms with Crippen LogP contribution in [0.25, 0.3) is 0 Å². The van der Waals surface area contributed by atoms with Gasteiger partial charge in [0, 0.05) is 12.6 Å². The van der Waals surface area contributed by atoms with Gasteiger partial charge < -0.3 is 15.0 Å². The number of benzene rings is 2. The SMILES string of the molecule is CCC(C(=O)NC1CCCC1)N(Cc1cccc(OC)c1)C(=O)CN(c1c(C)cccc1C)S(C)(=O)=O. The minimum Gasteiger partial charge on any atom is -0.497 e. The van der Waals surface area contributed by atoms with Gasteiger partial charge in [0.05, 0.1) is 19.1 Å². The standard InChI is InChI=1S/C28H39N3O5S/c1-6-25(28(33)29-23-14-7-8-15-23)30(18-22-13-10-16-24(17-22)36-4)26(32)19-31(37(5,34)35)27-20(2)11-9-12-21(27)3/h9-13,16-17,23,25H,6-8,14-15,18-19H2,1-5H3,(H,29,33). The van der Waals surface area contributed by atoms with Crippen molar-refractivity contribution in [3.63, 3.8) is 0 Å². The lowest BCUT2D eigenvalue weighted by molar-refractivity contribution is -0.140. The van der Waals surface area contributed by atoms with Crippen molar-refractivity contribution >= 4 is 27.5 Å². The lowest BCUT2D eigenvalue weighted by Gasteiger charge is -2.34. The molecule has 1 unspecified atom stereocenters. The van der Waals surface area contributed by atoms with Gasteiger partial charge in [-0.25, -0.2) is 8.42 Å². The summed E-state index contributed by atoms with van der Waals surface area (Å²) in [7, 11) is -2.21. The normalized spacial score (nSPS) is 14.7. The molecule has 1 N–H and O–H groups in total. The van der Waals surface area contributed by atoms with Gasteiger partial charge in [0.1, 0.15) is 18.3 Å². The fourth-order valence-corrected chi connectivity index (χ4v) is 5.99. The molecule has 1 aliphatic carbocycles. The maximum atomic E-state index is 13.9. The smallest absolute Gasteiger partial charge is 0.244 e. The van der Waals surface area contributed by atoms with E-state index in [9.17, 15) is 18.0 Å². The molecule has 1 fully saturated rings. The summed E-state index contributed by atoms with van der Waals surface area (Å²) in [4.78, 5) is 28.8. The van der Waals surface area contributed by atoms with E-state index < -0.39 is 28.5 Å². The second-order valence-electron chi connectivity index (χ2n) is 9.80. The van der Waals surface area contributed by atoms with Crippen LogP contribution in [0, 0.1) is 13.8 Å². The lowest BCUT2D eigenvalue weighted by Crippen LogP contribution is -2.53. The molecule has 1 saturated carbocycles. The molecule has 8 nitrogen and oxygen atoms in total. The van der Waals surface area contributed by atoms with E-state index in [1.807, 2.05) is 63.2 Å². The van der Waals surface area contributed by atoms with Gasteiger partial charge in [0.15, 0.2) is 0 Å². The third-order valence-corrected chi connectivity index (χ3v) is 8.05. The average molecular weight is 530 g/mol. The second-order valence-corrected chi connectivity index (χ2v) is 11.7. The zero-order valence-corrected chi connectivity index (χ0v) is 23.3. The van der Waals surface area contributed by atoms with Crippen molar-refractivity contribution in [3.05, 3.63) is 59.2 Å². The van der Waals surface area contributed by atoms with E-state index in [0.717, 1.165) is 52.9 Å². The molecule has 0 spiro atoms. The lowest BCUT2D eigenvalue weighted by atomic mass is 10.1. The van der Waals surface area contributed by atoms with Crippen LogP contribution < -0.4 is 14.4 Å². The monoisotopic (exact) mass is 529 g/mol. The van der Waals surface area contributed by atoms with Crippen LogP contribution in [0.1, 0.15) is 55.7 Å². The largest absolute Gasteiger partial charge is 0.497 e. The van der Waals surface area contributed by atoms with Gasteiger partial charge in [-0.2, -0.15) is 0 Å². The van der Waals surface area contributed by atoms with Gasteiger partial charge in [-0.3, -0.25) is 13.9 Å². The molecule has 2 aromatic carbocycles. The third-order valence-electron chi connectivity index (χ3n) is 6.94. The molecule has 1 atom stereocenters. The first-order chi connectivity index (χ1) is 17.5. The Bertz CT molecular complexity index is 1190. The zero-order chi connectivity index (χ0) is 27.2. The summed E-state index contributed by atoms with van der Waals surface area (Å²) >= 11 is 0. The summed E-state index contributed by atoms with van der Waals surface area (Å²) in [6, 6.07) is 12.2. The molecule has 0 bridgehead atoms. The van der Waals surface area contributed by atoms with Crippen molar-refractivity contribution in [2.75, 3.05) is 24.2 Å². The van der Waals surface area contributed by atoms with Gasteiger partial charge in [-0.05, 0) is 61.9 Å². The molecule has 0 aromatic heterocycles. The number of hydrogen-bond donors (Lipinski definition) is 1. The van der Waals surface area contributed by atoms with Gasteiger partial charge in [0.25, 0.3) is 0 Å². The van der Waals surface area contributed by atoms with Gasteiger partial charge >= 0.3 is 0 Å². The topological polar surface area (TPSA) is 96.0 Å². The maximum absolute atomic E-state index is 13.9. The van der Waals surface area contributed by atoms with E-state index >= 15 is 0 Å². The van der Waals surface area contributed by atoms with Gasteiger partial charge in [0.2, 0.25) is 21.8 Å². The van der Waals surface area contributed by atoms with E-state index in [1.165, 1.54) is 4.90 Å². The summed E-state index contributed by atoms with van der Waals surface area (Å²) in [5.74, 6) is -0.00500. The number of carbonyl (C=O) groups excluding carboxylic acids is 2. The molecule has 0 saturated heterocycles. The number of para-hydroxylation sites is 1. The fourth-order valence-electron chi connectivity index (χ4n) is 5.03. The number of nitrogens with one attached hydrogen (secondary N) is 1. The summed E-state index contributed by atoms with van der Waals surface area (Å²) in [6.45, 7) is 5.26. The highest BCUT2D eigenvalue weighted by atomic mass is 32.2. The minimum atomic E-state index is -3.78. The van der Waals surface area contributed by atoms with Crippen molar-refractivity contribution in [2.24, 2.45) is 0 Å². The van der Waals surface area contributed by atoms with E-state index in [-0.39, 0.29) is 18.5 Å². The predicted octanol–water partition coefficient (Wildman–Crippen LogP) is 3.94. The number of methoxy groups -OCH3 is 1. The number of hydrogen-bond acceptors (Lipinski definition) is 5. The van der Waals surface area contributed by atoms with Crippen LogP contribution in [0.15, 0.2) is 42.5 Å². The Kier molecular flexibility index (Phi) is 9.59.